The second-order valence-electron chi connectivity index (χ2n) is 5.46. The zero-order valence-corrected chi connectivity index (χ0v) is 13.0. The minimum atomic E-state index is 0.719. The highest BCUT2D eigenvalue weighted by Gasteiger charge is 2.14. The predicted molar refractivity (Wildman–Crippen MR) is 96.6 cm³/mol. The second-order valence-corrected chi connectivity index (χ2v) is 5.90. The number of benzene rings is 4. The summed E-state index contributed by atoms with van der Waals surface area (Å²) >= 11 is 6.04. The van der Waals surface area contributed by atoms with Gasteiger partial charge in [0.1, 0.15) is 6.07 Å². The molecular weight excluding hydrogens is 302 g/mol. The van der Waals surface area contributed by atoms with E-state index in [0.717, 1.165) is 43.3 Å². The summed E-state index contributed by atoms with van der Waals surface area (Å²) in [5, 5.41) is 14.5. The van der Waals surface area contributed by atoms with Crippen LogP contribution in [0.2, 0.25) is 5.02 Å². The lowest BCUT2D eigenvalue weighted by Gasteiger charge is -2.14. The zero-order valence-electron chi connectivity index (χ0n) is 12.3. The summed E-state index contributed by atoms with van der Waals surface area (Å²) in [5.74, 6) is 0. The molecule has 0 saturated heterocycles. The molecule has 0 aromatic heterocycles. The molecule has 0 amide bonds. The van der Waals surface area contributed by atoms with Crippen molar-refractivity contribution in [2.24, 2.45) is 0 Å². The quantitative estimate of drug-likeness (QED) is 0.385. The van der Waals surface area contributed by atoms with Gasteiger partial charge in [-0.3, -0.25) is 0 Å². The molecule has 0 atom stereocenters. The molecule has 2 heteroatoms. The van der Waals surface area contributed by atoms with Crippen LogP contribution >= 0.6 is 11.6 Å². The number of nitrogens with zero attached hydrogens (tertiary/aromatic N) is 1. The Morgan fingerprint density at radius 3 is 1.61 bits per heavy atom. The van der Waals surface area contributed by atoms with Crippen molar-refractivity contribution >= 4 is 33.1 Å². The first-order valence-corrected chi connectivity index (χ1v) is 7.77. The van der Waals surface area contributed by atoms with Crippen LogP contribution in [0.3, 0.4) is 0 Å². The lowest BCUT2D eigenvalue weighted by Crippen LogP contribution is -1.89. The second kappa shape index (κ2) is 5.43. The van der Waals surface area contributed by atoms with Crippen molar-refractivity contribution in [2.75, 3.05) is 0 Å². The van der Waals surface area contributed by atoms with Gasteiger partial charge in [-0.15, -0.1) is 0 Å². The van der Waals surface area contributed by atoms with Crippen LogP contribution in [0.5, 0.6) is 0 Å². The molecule has 0 spiro atoms. The zero-order chi connectivity index (χ0) is 15.8. The molecule has 108 valence electrons. The number of rotatable bonds is 1. The first-order valence-electron chi connectivity index (χ1n) is 7.39. The third-order valence-corrected chi connectivity index (χ3v) is 4.43. The van der Waals surface area contributed by atoms with Crippen molar-refractivity contribution < 1.29 is 0 Å². The van der Waals surface area contributed by atoms with E-state index >= 15 is 0 Å². The molecule has 1 nitrogen and oxygen atoms in total. The molecule has 0 radical (unpaired) electrons. The van der Waals surface area contributed by atoms with Crippen LogP contribution in [0.1, 0.15) is 5.56 Å². The summed E-state index contributed by atoms with van der Waals surface area (Å²) in [5.41, 5.74) is 2.98. The largest absolute Gasteiger partial charge is 0.192 e. The van der Waals surface area contributed by atoms with Gasteiger partial charge in [0, 0.05) is 15.8 Å². The maximum atomic E-state index is 9.66. The molecule has 0 unspecified atom stereocenters. The third kappa shape index (κ3) is 2.16. The Balaban J connectivity index is 2.25. The van der Waals surface area contributed by atoms with Gasteiger partial charge >= 0.3 is 0 Å². The fourth-order valence-electron chi connectivity index (χ4n) is 3.18. The molecule has 4 rings (SSSR count). The Kier molecular flexibility index (Phi) is 3.26. The average molecular weight is 314 g/mol. The lowest BCUT2D eigenvalue weighted by atomic mass is 9.89. The van der Waals surface area contributed by atoms with Crippen LogP contribution < -0.4 is 0 Å². The maximum absolute atomic E-state index is 9.66. The topological polar surface area (TPSA) is 23.8 Å². The van der Waals surface area contributed by atoms with E-state index in [1.165, 1.54) is 0 Å². The van der Waals surface area contributed by atoms with E-state index in [9.17, 15) is 5.26 Å². The van der Waals surface area contributed by atoms with Crippen molar-refractivity contribution in [1.82, 2.24) is 0 Å². The van der Waals surface area contributed by atoms with E-state index in [1.54, 1.807) is 0 Å². The van der Waals surface area contributed by atoms with Gasteiger partial charge in [-0.2, -0.15) is 5.26 Å². The maximum Gasteiger partial charge on any atom is 0.100 e. The van der Waals surface area contributed by atoms with E-state index in [4.69, 9.17) is 11.6 Å². The van der Waals surface area contributed by atoms with E-state index in [2.05, 4.69) is 18.2 Å². The third-order valence-electron chi connectivity index (χ3n) is 4.18. The van der Waals surface area contributed by atoms with E-state index < -0.39 is 0 Å². The van der Waals surface area contributed by atoms with Gasteiger partial charge in [0.2, 0.25) is 0 Å². The van der Waals surface area contributed by atoms with Crippen molar-refractivity contribution in [2.45, 2.75) is 0 Å². The Morgan fingerprint density at radius 1 is 0.652 bits per heavy atom. The van der Waals surface area contributed by atoms with Crippen LogP contribution in [0.25, 0.3) is 32.7 Å². The van der Waals surface area contributed by atoms with Gasteiger partial charge in [0.15, 0.2) is 0 Å². The number of fused-ring (bicyclic) bond motifs is 2. The SMILES string of the molecule is N#Cc1c2ccccc2c(-c2ccc(Cl)cc2)c2ccccc12. The smallest absolute Gasteiger partial charge is 0.100 e. The fraction of sp³-hybridized carbons (Fsp3) is 0. The fourth-order valence-corrected chi connectivity index (χ4v) is 3.30. The Labute approximate surface area is 139 Å². The minimum Gasteiger partial charge on any atom is -0.192 e. The molecule has 0 saturated carbocycles. The number of halogens is 1. The molecule has 0 fully saturated rings. The van der Waals surface area contributed by atoms with E-state index in [-0.39, 0.29) is 0 Å². The first kappa shape index (κ1) is 13.8. The van der Waals surface area contributed by atoms with E-state index in [1.807, 2.05) is 60.7 Å². The summed E-state index contributed by atoms with van der Waals surface area (Å²) in [6, 6.07) is 26.4. The normalized spacial score (nSPS) is 10.8. The minimum absolute atomic E-state index is 0.719. The molecule has 0 bridgehead atoms. The van der Waals surface area contributed by atoms with Gasteiger partial charge in [0.05, 0.1) is 5.56 Å². The van der Waals surface area contributed by atoms with Crippen LogP contribution in [-0.2, 0) is 0 Å². The molecule has 4 aromatic carbocycles. The molecule has 0 N–H and O–H groups in total. The molecule has 0 aliphatic heterocycles. The van der Waals surface area contributed by atoms with E-state index in [0.29, 0.717) is 0 Å². The lowest BCUT2D eigenvalue weighted by molar-refractivity contribution is 1.51. The van der Waals surface area contributed by atoms with Gasteiger partial charge in [-0.05, 0) is 34.0 Å². The standard InChI is InChI=1S/C21H12ClN/c22-15-11-9-14(10-12-15)21-18-7-3-1-5-16(18)20(13-23)17-6-2-4-8-19(17)21/h1-12H. The van der Waals surface area contributed by atoms with Gasteiger partial charge in [-0.25, -0.2) is 0 Å². The van der Waals surface area contributed by atoms with Gasteiger partial charge in [0.25, 0.3) is 0 Å². The highest BCUT2D eigenvalue weighted by Crippen LogP contribution is 2.39. The number of hydrogen-bond donors (Lipinski definition) is 0. The van der Waals surface area contributed by atoms with Gasteiger partial charge < -0.3 is 0 Å². The van der Waals surface area contributed by atoms with Crippen molar-refractivity contribution in [3.8, 4) is 17.2 Å². The molecule has 4 aromatic rings. The van der Waals surface area contributed by atoms with Crippen LogP contribution in [-0.4, -0.2) is 0 Å². The van der Waals surface area contributed by atoms with Crippen LogP contribution in [0.4, 0.5) is 0 Å². The predicted octanol–water partition coefficient (Wildman–Crippen LogP) is 6.19. The highest BCUT2D eigenvalue weighted by molar-refractivity contribution is 6.30. The monoisotopic (exact) mass is 313 g/mol. The number of nitriles is 1. The Bertz CT molecular complexity index is 1020. The molecule has 0 aliphatic rings. The highest BCUT2D eigenvalue weighted by atomic mass is 35.5. The number of hydrogen-bond acceptors (Lipinski definition) is 1. The summed E-state index contributed by atoms with van der Waals surface area (Å²) in [6.07, 6.45) is 0. The molecular formula is C21H12ClN. The summed E-state index contributed by atoms with van der Waals surface area (Å²) in [7, 11) is 0. The van der Waals surface area contributed by atoms with Crippen molar-refractivity contribution in [1.29, 1.82) is 5.26 Å². The molecule has 0 heterocycles. The summed E-state index contributed by atoms with van der Waals surface area (Å²) < 4.78 is 0. The van der Waals surface area contributed by atoms with Gasteiger partial charge in [-0.1, -0.05) is 72.3 Å². The van der Waals surface area contributed by atoms with Crippen molar-refractivity contribution in [3.05, 3.63) is 83.4 Å². The first-order chi connectivity index (χ1) is 11.3. The Hall–Kier alpha value is -2.82. The van der Waals surface area contributed by atoms with Crippen molar-refractivity contribution in [3.63, 3.8) is 0 Å². The summed E-state index contributed by atoms with van der Waals surface area (Å²) in [6.45, 7) is 0. The Morgan fingerprint density at radius 2 is 1.13 bits per heavy atom. The molecule has 0 aliphatic carbocycles. The molecule has 23 heavy (non-hydrogen) atoms. The summed E-state index contributed by atoms with van der Waals surface area (Å²) in [4.78, 5) is 0. The van der Waals surface area contributed by atoms with Crippen LogP contribution in [0.15, 0.2) is 72.8 Å². The van der Waals surface area contributed by atoms with Crippen LogP contribution in [0, 0.1) is 11.3 Å². The average Bonchev–Trinajstić information content (AvgIpc) is 2.60.